The van der Waals surface area contributed by atoms with Crippen LogP contribution in [-0.2, 0) is 25.7 Å². The van der Waals surface area contributed by atoms with Gasteiger partial charge in [-0.15, -0.1) is 0 Å². The summed E-state index contributed by atoms with van der Waals surface area (Å²) in [6.45, 7) is -0.0736. The fraction of sp³-hybridized carbons (Fsp3) is 0.231. The van der Waals surface area contributed by atoms with Crippen molar-refractivity contribution < 1.29 is 35.9 Å². The van der Waals surface area contributed by atoms with Crippen molar-refractivity contribution >= 4 is 33.2 Å². The summed E-state index contributed by atoms with van der Waals surface area (Å²) >= 11 is 0. The topological polar surface area (TPSA) is 105 Å². The van der Waals surface area contributed by atoms with Crippen LogP contribution in [0.4, 0.5) is 24.5 Å². The number of ether oxygens (including phenoxy) is 1. The van der Waals surface area contributed by atoms with Crippen molar-refractivity contribution in [2.45, 2.75) is 17.5 Å². The van der Waals surface area contributed by atoms with Crippen molar-refractivity contribution in [1.29, 1.82) is 0 Å². The maximum atomic E-state index is 13.4. The van der Waals surface area contributed by atoms with Crippen LogP contribution in [0.2, 0.25) is 0 Å². The number of halogens is 3. The molecular weight excluding hydrogens is 523 g/mol. The maximum absolute atomic E-state index is 13.4. The summed E-state index contributed by atoms with van der Waals surface area (Å²) in [7, 11) is -2.90. The molecule has 0 aliphatic carbocycles. The van der Waals surface area contributed by atoms with Gasteiger partial charge < -0.3 is 15.4 Å². The number of anilines is 2. The highest BCUT2D eigenvalue weighted by Crippen LogP contribution is 2.33. The average molecular weight is 550 g/mol. The first-order chi connectivity index (χ1) is 18.0. The standard InChI is InChI=1S/C26H26F3N3O5S/c1-37-16-8-15-30-25(34)22-13-5-6-14-23(22)31-24(33)18-32(38(35,36)21-11-3-2-4-12-21)20-10-7-9-19(17-20)26(27,28)29/h2-7,9-14,17H,8,15-16,18H2,1H3,(H,30,34)(H,31,33). The molecule has 3 aromatic rings. The number of carbonyl (C=O) groups is 2. The fourth-order valence-electron chi connectivity index (χ4n) is 3.50. The van der Waals surface area contributed by atoms with E-state index in [0.29, 0.717) is 29.9 Å². The Kier molecular flexibility index (Phi) is 9.48. The molecule has 0 aliphatic heterocycles. The Bertz CT molecular complexity index is 1370. The van der Waals surface area contributed by atoms with Gasteiger partial charge in [-0.3, -0.25) is 13.9 Å². The predicted molar refractivity (Wildman–Crippen MR) is 136 cm³/mol. The van der Waals surface area contributed by atoms with Gasteiger partial charge in [0, 0.05) is 20.3 Å². The quantitative estimate of drug-likeness (QED) is 0.347. The molecule has 12 heteroatoms. The van der Waals surface area contributed by atoms with E-state index in [1.807, 2.05) is 0 Å². The first-order valence-electron chi connectivity index (χ1n) is 11.4. The van der Waals surface area contributed by atoms with Gasteiger partial charge >= 0.3 is 6.18 Å². The van der Waals surface area contributed by atoms with Crippen LogP contribution in [0, 0.1) is 0 Å². The van der Waals surface area contributed by atoms with Gasteiger partial charge in [0.2, 0.25) is 5.91 Å². The Morgan fingerprint density at radius 3 is 2.32 bits per heavy atom. The zero-order chi connectivity index (χ0) is 27.8. The zero-order valence-corrected chi connectivity index (χ0v) is 21.2. The molecule has 0 saturated heterocycles. The monoisotopic (exact) mass is 549 g/mol. The van der Waals surface area contributed by atoms with Crippen molar-refractivity contribution in [2.24, 2.45) is 0 Å². The number of rotatable bonds is 11. The number of hydrogen-bond acceptors (Lipinski definition) is 5. The van der Waals surface area contributed by atoms with Crippen LogP contribution in [-0.4, -0.2) is 47.0 Å². The van der Waals surface area contributed by atoms with Gasteiger partial charge in [0.1, 0.15) is 6.54 Å². The Morgan fingerprint density at radius 2 is 1.63 bits per heavy atom. The Labute approximate surface area is 218 Å². The summed E-state index contributed by atoms with van der Waals surface area (Å²) in [5, 5.41) is 5.21. The van der Waals surface area contributed by atoms with Crippen LogP contribution < -0.4 is 14.9 Å². The van der Waals surface area contributed by atoms with Crippen molar-refractivity contribution in [3.05, 3.63) is 90.0 Å². The van der Waals surface area contributed by atoms with Crippen molar-refractivity contribution in [3.8, 4) is 0 Å². The minimum atomic E-state index is -4.73. The molecule has 0 heterocycles. The third-order valence-corrected chi connectivity index (χ3v) is 7.12. The third kappa shape index (κ3) is 7.33. The fourth-order valence-corrected chi connectivity index (χ4v) is 4.93. The van der Waals surface area contributed by atoms with Gasteiger partial charge in [-0.1, -0.05) is 36.4 Å². The molecule has 2 N–H and O–H groups in total. The molecule has 0 spiro atoms. The number of para-hydroxylation sites is 1. The summed E-state index contributed by atoms with van der Waals surface area (Å²) < 4.78 is 72.5. The Balaban J connectivity index is 1.90. The number of nitrogens with zero attached hydrogens (tertiary/aromatic N) is 1. The van der Waals surface area contributed by atoms with Crippen molar-refractivity contribution in [1.82, 2.24) is 5.32 Å². The van der Waals surface area contributed by atoms with Crippen LogP contribution >= 0.6 is 0 Å². The van der Waals surface area contributed by atoms with Crippen LogP contribution in [0.15, 0.2) is 83.8 Å². The highest BCUT2D eigenvalue weighted by atomic mass is 32.2. The average Bonchev–Trinajstić information content (AvgIpc) is 2.90. The number of amides is 2. The van der Waals surface area contributed by atoms with E-state index < -0.39 is 40.1 Å². The minimum absolute atomic E-state index is 0.114. The second kappa shape index (κ2) is 12.6. The number of nitrogens with one attached hydrogen (secondary N) is 2. The summed E-state index contributed by atoms with van der Waals surface area (Å²) in [5.74, 6) is -1.33. The normalized spacial score (nSPS) is 11.6. The maximum Gasteiger partial charge on any atom is 0.416 e. The van der Waals surface area contributed by atoms with Crippen LogP contribution in [0.5, 0.6) is 0 Å². The minimum Gasteiger partial charge on any atom is -0.385 e. The molecule has 0 aliphatic rings. The summed E-state index contributed by atoms with van der Waals surface area (Å²) in [5.41, 5.74) is -1.17. The number of methoxy groups -OCH3 is 1. The smallest absolute Gasteiger partial charge is 0.385 e. The van der Waals surface area contributed by atoms with Gasteiger partial charge in [0.15, 0.2) is 0 Å². The summed E-state index contributed by atoms with van der Waals surface area (Å²) in [4.78, 5) is 25.4. The molecule has 38 heavy (non-hydrogen) atoms. The van der Waals surface area contributed by atoms with Gasteiger partial charge in [0.25, 0.3) is 15.9 Å². The van der Waals surface area contributed by atoms with Crippen LogP contribution in [0.25, 0.3) is 0 Å². The van der Waals surface area contributed by atoms with Crippen molar-refractivity contribution in [3.63, 3.8) is 0 Å². The number of sulfonamides is 1. The lowest BCUT2D eigenvalue weighted by Gasteiger charge is -2.25. The van der Waals surface area contributed by atoms with Crippen LogP contribution in [0.1, 0.15) is 22.3 Å². The molecule has 0 unspecified atom stereocenters. The molecule has 2 amide bonds. The largest absolute Gasteiger partial charge is 0.416 e. The number of hydrogen-bond donors (Lipinski definition) is 2. The third-order valence-electron chi connectivity index (χ3n) is 5.34. The molecular formula is C26H26F3N3O5S. The second-order valence-electron chi connectivity index (χ2n) is 8.07. The van der Waals surface area contributed by atoms with Gasteiger partial charge in [-0.2, -0.15) is 13.2 Å². The highest BCUT2D eigenvalue weighted by molar-refractivity contribution is 7.92. The molecule has 0 saturated carbocycles. The molecule has 3 aromatic carbocycles. The molecule has 0 bridgehead atoms. The van der Waals surface area contributed by atoms with E-state index in [-0.39, 0.29) is 21.8 Å². The van der Waals surface area contributed by atoms with E-state index >= 15 is 0 Å². The van der Waals surface area contributed by atoms with E-state index in [2.05, 4.69) is 10.6 Å². The Hall–Kier alpha value is -3.90. The molecule has 0 fully saturated rings. The first-order valence-corrected chi connectivity index (χ1v) is 12.9. The Morgan fingerprint density at radius 1 is 0.947 bits per heavy atom. The van der Waals surface area contributed by atoms with E-state index in [9.17, 15) is 31.2 Å². The highest BCUT2D eigenvalue weighted by Gasteiger charge is 2.33. The van der Waals surface area contributed by atoms with Gasteiger partial charge in [-0.25, -0.2) is 8.42 Å². The number of benzene rings is 3. The SMILES string of the molecule is COCCCNC(=O)c1ccccc1NC(=O)CN(c1cccc(C(F)(F)F)c1)S(=O)(=O)c1ccccc1. The number of carbonyl (C=O) groups excluding carboxylic acids is 2. The van der Waals surface area contributed by atoms with E-state index in [1.165, 1.54) is 49.6 Å². The van der Waals surface area contributed by atoms with E-state index in [0.717, 1.165) is 12.1 Å². The molecule has 0 radical (unpaired) electrons. The molecule has 202 valence electrons. The summed E-state index contributed by atoms with van der Waals surface area (Å²) in [6.07, 6.45) is -4.16. The first kappa shape index (κ1) is 28.7. The molecule has 0 aromatic heterocycles. The van der Waals surface area contributed by atoms with E-state index in [1.54, 1.807) is 18.2 Å². The number of alkyl halides is 3. The van der Waals surface area contributed by atoms with Crippen LogP contribution in [0.3, 0.4) is 0 Å². The lowest BCUT2D eigenvalue weighted by molar-refractivity contribution is -0.137. The predicted octanol–water partition coefficient (Wildman–Crippen LogP) is 4.31. The summed E-state index contributed by atoms with van der Waals surface area (Å²) in [6, 6.07) is 16.8. The van der Waals surface area contributed by atoms with Gasteiger partial charge in [0.05, 0.1) is 27.4 Å². The second-order valence-corrected chi connectivity index (χ2v) is 9.93. The van der Waals surface area contributed by atoms with Crippen molar-refractivity contribution in [2.75, 3.05) is 36.4 Å². The lowest BCUT2D eigenvalue weighted by atomic mass is 10.1. The molecule has 8 nitrogen and oxygen atoms in total. The zero-order valence-electron chi connectivity index (χ0n) is 20.4. The van der Waals surface area contributed by atoms with Gasteiger partial charge in [-0.05, 0) is 48.9 Å². The van der Waals surface area contributed by atoms with E-state index in [4.69, 9.17) is 4.74 Å². The molecule has 3 rings (SSSR count). The lowest BCUT2D eigenvalue weighted by Crippen LogP contribution is -2.38. The molecule has 0 atom stereocenters.